The Morgan fingerprint density at radius 1 is 1.11 bits per heavy atom. The topological polar surface area (TPSA) is 214 Å². The van der Waals surface area contributed by atoms with Crippen LogP contribution in [0.4, 0.5) is 4.79 Å². The number of fused-ring (bicyclic) bond motifs is 2. The number of carboxylic acid groups (broad SMARTS) is 2. The van der Waals surface area contributed by atoms with Gasteiger partial charge >= 0.3 is 18.0 Å². The number of carbonyl (C=O) groups is 7. The highest BCUT2D eigenvalue weighted by molar-refractivity contribution is 8.00. The monoisotopic (exact) mass is 546 g/mol. The molecule has 0 bridgehead atoms. The zero-order chi connectivity index (χ0) is 27.7. The van der Waals surface area contributed by atoms with E-state index in [2.05, 4.69) is 10.1 Å². The second-order valence-electron chi connectivity index (χ2n) is 8.59. The molecule has 14 nitrogen and oxygen atoms in total. The van der Waals surface area contributed by atoms with Crippen LogP contribution in [0.3, 0.4) is 0 Å². The predicted molar refractivity (Wildman–Crippen MR) is 127 cm³/mol. The molecular formula is C23H22N4O10S. The minimum Gasteiger partial charge on any atom is -0.480 e. The molecule has 3 aliphatic heterocycles. The molecule has 1 aromatic carbocycles. The van der Waals surface area contributed by atoms with Crippen LogP contribution in [0.25, 0.3) is 0 Å². The number of aliphatic carboxylic acids is 2. The Morgan fingerprint density at radius 3 is 2.29 bits per heavy atom. The van der Waals surface area contributed by atoms with Gasteiger partial charge in [0, 0.05) is 17.7 Å². The molecule has 5 N–H and O–H groups in total. The molecule has 15 heteroatoms. The highest BCUT2D eigenvalue weighted by Crippen LogP contribution is 2.40. The van der Waals surface area contributed by atoms with E-state index in [1.807, 2.05) is 0 Å². The summed E-state index contributed by atoms with van der Waals surface area (Å²) in [6.45, 7) is -0.394. The number of amides is 5. The van der Waals surface area contributed by atoms with Gasteiger partial charge in [0.1, 0.15) is 29.8 Å². The number of carboxylic acids is 2. The summed E-state index contributed by atoms with van der Waals surface area (Å²) in [4.78, 5) is 86.6. The standard InChI is InChI=1S/C23H22N4O10S/c24-23(36)37-8-10-9-38-20-15(19(31)27(20)16(10)22(34)35)25-14(28)7-3-6-13(21(32)33)26-17(29)11-4-1-2-5-12(11)18(26)30/h1-2,4-5,13,15,20H,3,6-9H2,(H2,24,36)(H,25,28)(H,32,33)(H,34,35)/t13-,15?,20-/m1/s1. The van der Waals surface area contributed by atoms with Gasteiger partial charge in [-0.25, -0.2) is 14.4 Å². The molecule has 0 aliphatic carbocycles. The van der Waals surface area contributed by atoms with Crippen LogP contribution < -0.4 is 11.1 Å². The van der Waals surface area contributed by atoms with E-state index in [0.717, 1.165) is 4.90 Å². The van der Waals surface area contributed by atoms with E-state index in [1.165, 1.54) is 23.9 Å². The normalized spacial score (nSPS) is 20.9. The second kappa shape index (κ2) is 10.5. The summed E-state index contributed by atoms with van der Waals surface area (Å²) in [5.41, 5.74) is 4.99. The number of nitrogens with zero attached hydrogens (tertiary/aromatic N) is 2. The van der Waals surface area contributed by atoms with Gasteiger partial charge in [-0.3, -0.25) is 29.0 Å². The number of nitrogens with one attached hydrogen (secondary N) is 1. The van der Waals surface area contributed by atoms with Gasteiger partial charge in [-0.15, -0.1) is 11.8 Å². The fourth-order valence-corrected chi connectivity index (χ4v) is 5.84. The molecule has 0 spiro atoms. The van der Waals surface area contributed by atoms with Crippen molar-refractivity contribution in [1.82, 2.24) is 15.1 Å². The number of thioether (sulfide) groups is 1. The van der Waals surface area contributed by atoms with Gasteiger partial charge in [0.05, 0.1) is 11.1 Å². The zero-order valence-electron chi connectivity index (χ0n) is 19.6. The van der Waals surface area contributed by atoms with E-state index in [9.17, 15) is 43.8 Å². The lowest BCUT2D eigenvalue weighted by Gasteiger charge is -2.49. The van der Waals surface area contributed by atoms with Crippen molar-refractivity contribution in [1.29, 1.82) is 0 Å². The quantitative estimate of drug-likeness (QED) is 0.221. The highest BCUT2D eigenvalue weighted by atomic mass is 32.2. The van der Waals surface area contributed by atoms with Crippen LogP contribution >= 0.6 is 11.8 Å². The van der Waals surface area contributed by atoms with Crippen molar-refractivity contribution >= 4 is 53.4 Å². The molecule has 1 fully saturated rings. The SMILES string of the molecule is NC(=O)OCC1=C(C(=O)O)N2C(=O)C(NC(=O)CCC[C@H](C(=O)O)N3C(=O)c4ccccc4C3=O)[C@H]2SC1. The Labute approximate surface area is 218 Å². The van der Waals surface area contributed by atoms with E-state index in [-0.39, 0.29) is 47.4 Å². The summed E-state index contributed by atoms with van der Waals surface area (Å²) in [6, 6.07) is 3.50. The number of imide groups is 1. The van der Waals surface area contributed by atoms with Gasteiger partial charge in [-0.2, -0.15) is 0 Å². The van der Waals surface area contributed by atoms with Crippen molar-refractivity contribution in [2.75, 3.05) is 12.4 Å². The molecule has 1 unspecified atom stereocenters. The van der Waals surface area contributed by atoms with Gasteiger partial charge in [0.2, 0.25) is 5.91 Å². The van der Waals surface area contributed by atoms with Crippen LogP contribution in [0.15, 0.2) is 35.5 Å². The third-order valence-electron chi connectivity index (χ3n) is 6.26. The average molecular weight is 547 g/mol. The van der Waals surface area contributed by atoms with Crippen molar-refractivity contribution in [2.24, 2.45) is 5.73 Å². The number of hydrogen-bond acceptors (Lipinski definition) is 9. The van der Waals surface area contributed by atoms with Gasteiger partial charge in [-0.05, 0) is 25.0 Å². The van der Waals surface area contributed by atoms with E-state index < -0.39 is 65.7 Å². The first-order valence-electron chi connectivity index (χ1n) is 11.3. The number of hydrogen-bond donors (Lipinski definition) is 4. The molecule has 0 aromatic heterocycles. The Balaban J connectivity index is 1.34. The molecular weight excluding hydrogens is 524 g/mol. The summed E-state index contributed by atoms with van der Waals surface area (Å²) in [5, 5.41) is 21.0. The molecule has 38 heavy (non-hydrogen) atoms. The fourth-order valence-electron chi connectivity index (χ4n) is 4.51. The van der Waals surface area contributed by atoms with Crippen LogP contribution in [0.1, 0.15) is 40.0 Å². The minimum atomic E-state index is -1.48. The largest absolute Gasteiger partial charge is 0.480 e. The van der Waals surface area contributed by atoms with E-state index >= 15 is 0 Å². The van der Waals surface area contributed by atoms with E-state index in [0.29, 0.717) is 4.90 Å². The van der Waals surface area contributed by atoms with Crippen molar-refractivity contribution in [3.05, 3.63) is 46.7 Å². The number of rotatable bonds is 10. The maximum Gasteiger partial charge on any atom is 0.404 e. The summed E-state index contributed by atoms with van der Waals surface area (Å²) in [6.07, 6.45) is -1.49. The number of nitrogens with two attached hydrogens (primary N) is 1. The van der Waals surface area contributed by atoms with Crippen molar-refractivity contribution in [2.45, 2.75) is 36.7 Å². The molecule has 1 aromatic rings. The van der Waals surface area contributed by atoms with Crippen molar-refractivity contribution in [3.63, 3.8) is 0 Å². The molecule has 4 rings (SSSR count). The molecule has 3 atom stereocenters. The molecule has 1 saturated heterocycles. The number of primary amides is 1. The highest BCUT2D eigenvalue weighted by Gasteiger charge is 2.54. The van der Waals surface area contributed by atoms with E-state index in [1.54, 1.807) is 12.1 Å². The first-order chi connectivity index (χ1) is 18.0. The van der Waals surface area contributed by atoms with Gasteiger partial charge in [-0.1, -0.05) is 12.1 Å². The second-order valence-corrected chi connectivity index (χ2v) is 9.70. The lowest BCUT2D eigenvalue weighted by molar-refractivity contribution is -0.150. The third-order valence-corrected chi connectivity index (χ3v) is 7.60. The zero-order valence-corrected chi connectivity index (χ0v) is 20.4. The Kier molecular flexibility index (Phi) is 7.39. The maximum absolute atomic E-state index is 12.7. The Hall–Kier alpha value is -4.40. The van der Waals surface area contributed by atoms with Gasteiger partial charge < -0.3 is 26.0 Å². The number of β-lactam (4-membered cyclic amide) rings is 1. The third kappa shape index (κ3) is 4.79. The van der Waals surface area contributed by atoms with Crippen molar-refractivity contribution < 1.29 is 48.5 Å². The van der Waals surface area contributed by atoms with Crippen LogP contribution in [0, 0.1) is 0 Å². The molecule has 3 heterocycles. The number of carbonyl (C=O) groups excluding carboxylic acids is 5. The first-order valence-corrected chi connectivity index (χ1v) is 12.4. The maximum atomic E-state index is 12.7. The Bertz CT molecular complexity index is 1260. The lowest BCUT2D eigenvalue weighted by atomic mass is 10.0. The average Bonchev–Trinajstić information content (AvgIpc) is 3.12. The van der Waals surface area contributed by atoms with Crippen LogP contribution in [-0.4, -0.2) is 91.5 Å². The Morgan fingerprint density at radius 2 is 1.74 bits per heavy atom. The van der Waals surface area contributed by atoms with Crippen LogP contribution in [0.5, 0.6) is 0 Å². The molecule has 0 radical (unpaired) electrons. The first kappa shape index (κ1) is 26.7. The molecule has 0 saturated carbocycles. The predicted octanol–water partition coefficient (Wildman–Crippen LogP) is -0.260. The van der Waals surface area contributed by atoms with Crippen LogP contribution in [0.2, 0.25) is 0 Å². The lowest BCUT2D eigenvalue weighted by Crippen LogP contribution is -2.70. The summed E-state index contributed by atoms with van der Waals surface area (Å²) >= 11 is 1.17. The fraction of sp³-hybridized carbons (Fsp3) is 0.348. The summed E-state index contributed by atoms with van der Waals surface area (Å²) in [5.74, 6) is -5.37. The summed E-state index contributed by atoms with van der Waals surface area (Å²) in [7, 11) is 0. The molecule has 5 amide bonds. The van der Waals surface area contributed by atoms with Gasteiger partial charge in [0.25, 0.3) is 17.7 Å². The number of ether oxygens (including phenoxy) is 1. The van der Waals surface area contributed by atoms with Crippen molar-refractivity contribution in [3.8, 4) is 0 Å². The smallest absolute Gasteiger partial charge is 0.404 e. The number of benzene rings is 1. The molecule has 3 aliphatic rings. The molecule has 200 valence electrons. The van der Waals surface area contributed by atoms with Gasteiger partial charge in [0.15, 0.2) is 0 Å². The van der Waals surface area contributed by atoms with Crippen LogP contribution in [-0.2, 0) is 23.9 Å². The summed E-state index contributed by atoms with van der Waals surface area (Å²) < 4.78 is 4.65. The van der Waals surface area contributed by atoms with E-state index in [4.69, 9.17) is 5.73 Å². The minimum absolute atomic E-state index is 0.00643.